The maximum atomic E-state index is 11.7. The summed E-state index contributed by atoms with van der Waals surface area (Å²) < 4.78 is 52.5. The van der Waals surface area contributed by atoms with Crippen LogP contribution in [0.4, 0.5) is 8.72 Å². The number of phosphoric ester groups is 1. The van der Waals surface area contributed by atoms with Gasteiger partial charge in [0.15, 0.2) is 0 Å². The summed E-state index contributed by atoms with van der Waals surface area (Å²) in [5.74, 6) is 0. The number of rotatable bonds is 6. The lowest BCUT2D eigenvalue weighted by atomic mass is 10.8. The largest absolute Gasteiger partial charge is 0.510 e. The van der Waals surface area contributed by atoms with Crippen molar-refractivity contribution in [3.8, 4) is 0 Å². The molecule has 0 radical (unpaired) electrons. The molecule has 0 saturated carbocycles. The van der Waals surface area contributed by atoms with Crippen molar-refractivity contribution in [2.45, 2.75) is 0 Å². The van der Waals surface area contributed by atoms with Gasteiger partial charge < -0.3 is 4.89 Å². The first-order chi connectivity index (χ1) is 5.77. The summed E-state index contributed by atoms with van der Waals surface area (Å²) in [6.07, 6.45) is 0. The van der Waals surface area contributed by atoms with Crippen molar-refractivity contribution in [3.05, 3.63) is 0 Å². The predicted octanol–water partition coefficient (Wildman–Crippen LogP) is 1.09. The second-order valence-electron chi connectivity index (χ2n) is 1.66. The van der Waals surface area contributed by atoms with Gasteiger partial charge >= 0.3 is 15.7 Å². The Balaban J connectivity index is 3.59. The smallest absolute Gasteiger partial charge is 0.301 e. The Hall–Kier alpha value is 0.120. The summed E-state index contributed by atoms with van der Waals surface area (Å²) in [6.45, 7) is -1.57. The quantitative estimate of drug-likeness (QED) is 0.530. The molecule has 0 spiro atoms. The van der Waals surface area contributed by atoms with E-state index in [-0.39, 0.29) is 0 Å². The first-order valence-corrected chi connectivity index (χ1v) is 5.68. The molecule has 7 nitrogen and oxygen atoms in total. The molecule has 2 unspecified atom stereocenters. The molecule has 0 heterocycles. The van der Waals surface area contributed by atoms with Gasteiger partial charge in [0.05, 0.1) is 13.2 Å². The average molecular weight is 242 g/mol. The zero-order valence-electron chi connectivity index (χ0n) is 6.00. The van der Waals surface area contributed by atoms with Crippen LogP contribution in [0.3, 0.4) is 0 Å². The minimum absolute atomic E-state index is 0.772. The standard InChI is InChI=1S/C2H6F2O7P2/c3-11-13(7,8)10-2-1-9-12(4,5)6/h1-2H2,(H,5,6)(H,7,8). The van der Waals surface area contributed by atoms with Crippen LogP contribution in [0.15, 0.2) is 0 Å². The topological polar surface area (TPSA) is 102 Å². The van der Waals surface area contributed by atoms with E-state index in [2.05, 4.69) is 13.8 Å². The predicted molar refractivity (Wildman–Crippen MR) is 34.9 cm³/mol. The SMILES string of the molecule is O=P(O)(F)OCCOP(=O)(O)OF. The molecule has 0 fully saturated rings. The van der Waals surface area contributed by atoms with Crippen molar-refractivity contribution in [3.63, 3.8) is 0 Å². The van der Waals surface area contributed by atoms with Crippen molar-refractivity contribution in [1.29, 1.82) is 0 Å². The van der Waals surface area contributed by atoms with E-state index in [0.29, 0.717) is 0 Å². The third-order valence-corrected chi connectivity index (χ3v) is 1.86. The minimum Gasteiger partial charge on any atom is -0.301 e. The van der Waals surface area contributed by atoms with Crippen LogP contribution >= 0.6 is 15.7 Å². The van der Waals surface area contributed by atoms with E-state index in [1.807, 2.05) is 0 Å². The molecule has 11 heteroatoms. The molecule has 0 aliphatic carbocycles. The fourth-order valence-corrected chi connectivity index (χ4v) is 0.967. The number of halogens is 2. The normalized spacial score (nSPS) is 20.6. The molecular formula is C2H6F2O7P2. The fraction of sp³-hybridized carbons (Fsp3) is 1.00. The van der Waals surface area contributed by atoms with Crippen molar-refractivity contribution < 1.29 is 41.4 Å². The highest BCUT2D eigenvalue weighted by molar-refractivity contribution is 7.47. The van der Waals surface area contributed by atoms with Crippen LogP contribution in [0.2, 0.25) is 0 Å². The van der Waals surface area contributed by atoms with Gasteiger partial charge in [-0.25, -0.2) is 9.13 Å². The Kier molecular flexibility index (Phi) is 5.16. The van der Waals surface area contributed by atoms with Gasteiger partial charge in [-0.05, 0) is 4.53 Å². The van der Waals surface area contributed by atoms with Gasteiger partial charge in [0.25, 0.3) is 0 Å². The molecule has 0 aromatic rings. The van der Waals surface area contributed by atoms with Gasteiger partial charge in [0.2, 0.25) is 0 Å². The maximum Gasteiger partial charge on any atom is 0.510 e. The summed E-state index contributed by atoms with van der Waals surface area (Å²) in [7, 11) is -9.94. The molecular weight excluding hydrogens is 236 g/mol. The summed E-state index contributed by atoms with van der Waals surface area (Å²) in [4.78, 5) is 16.1. The molecule has 0 aliphatic heterocycles. The highest BCUT2D eigenvalue weighted by Crippen LogP contribution is 2.45. The summed E-state index contributed by atoms with van der Waals surface area (Å²) in [6, 6.07) is 0. The second kappa shape index (κ2) is 5.11. The fourth-order valence-electron chi connectivity index (χ4n) is 0.322. The first kappa shape index (κ1) is 13.1. The Morgan fingerprint density at radius 2 is 1.62 bits per heavy atom. The molecule has 0 bridgehead atoms. The van der Waals surface area contributed by atoms with Crippen LogP contribution in [-0.4, -0.2) is 23.0 Å². The summed E-state index contributed by atoms with van der Waals surface area (Å²) in [5.41, 5.74) is 0. The number of hydrogen-bond donors (Lipinski definition) is 2. The Morgan fingerprint density at radius 1 is 1.15 bits per heavy atom. The molecule has 13 heavy (non-hydrogen) atoms. The van der Waals surface area contributed by atoms with Crippen molar-refractivity contribution in [1.82, 2.24) is 0 Å². The Morgan fingerprint density at radius 3 is 2.00 bits per heavy atom. The third-order valence-electron chi connectivity index (χ3n) is 0.675. The summed E-state index contributed by atoms with van der Waals surface area (Å²) >= 11 is 0. The second-order valence-corrected chi connectivity index (χ2v) is 4.15. The zero-order chi connectivity index (χ0) is 10.5. The van der Waals surface area contributed by atoms with Crippen LogP contribution in [0.25, 0.3) is 0 Å². The van der Waals surface area contributed by atoms with E-state index >= 15 is 0 Å². The van der Waals surface area contributed by atoms with Gasteiger partial charge in [-0.15, -0.1) is 4.20 Å². The van der Waals surface area contributed by atoms with Crippen LogP contribution in [0, 0.1) is 0 Å². The van der Waals surface area contributed by atoms with Gasteiger partial charge in [-0.3, -0.25) is 13.9 Å². The molecule has 2 N–H and O–H groups in total. The number of hydrogen-bond acceptors (Lipinski definition) is 5. The summed E-state index contributed by atoms with van der Waals surface area (Å²) in [5, 5.41) is 0. The lowest BCUT2D eigenvalue weighted by Gasteiger charge is -2.06. The molecule has 0 amide bonds. The third kappa shape index (κ3) is 8.45. The lowest BCUT2D eigenvalue weighted by Crippen LogP contribution is -2.00. The highest BCUT2D eigenvalue weighted by Gasteiger charge is 2.23. The van der Waals surface area contributed by atoms with E-state index in [1.54, 1.807) is 0 Å². The van der Waals surface area contributed by atoms with Gasteiger partial charge in [-0.1, -0.05) is 4.73 Å². The van der Waals surface area contributed by atoms with E-state index in [0.717, 1.165) is 0 Å². The van der Waals surface area contributed by atoms with Crippen molar-refractivity contribution in [2.24, 2.45) is 0 Å². The van der Waals surface area contributed by atoms with Crippen molar-refractivity contribution >= 4 is 15.7 Å². The van der Waals surface area contributed by atoms with E-state index in [4.69, 9.17) is 9.79 Å². The molecule has 0 saturated heterocycles. The monoisotopic (exact) mass is 242 g/mol. The molecule has 80 valence electrons. The van der Waals surface area contributed by atoms with E-state index in [1.165, 1.54) is 0 Å². The Bertz CT molecular complexity index is 237. The number of phosphoric acid groups is 1. The van der Waals surface area contributed by atoms with Gasteiger partial charge in [0.1, 0.15) is 0 Å². The molecule has 0 aromatic carbocycles. The van der Waals surface area contributed by atoms with Gasteiger partial charge in [-0.2, -0.15) is 0 Å². The maximum absolute atomic E-state index is 11.7. The average Bonchev–Trinajstić information content (AvgIpc) is 1.97. The lowest BCUT2D eigenvalue weighted by molar-refractivity contribution is -0.0495. The Labute approximate surface area is 71.4 Å². The van der Waals surface area contributed by atoms with Crippen LogP contribution < -0.4 is 0 Å². The molecule has 0 aromatic heterocycles. The van der Waals surface area contributed by atoms with Crippen LogP contribution in [0.5, 0.6) is 0 Å². The zero-order valence-corrected chi connectivity index (χ0v) is 7.79. The first-order valence-electron chi connectivity index (χ1n) is 2.71. The highest BCUT2D eigenvalue weighted by atomic mass is 31.2. The minimum atomic E-state index is -5.14. The molecule has 0 aliphatic rings. The van der Waals surface area contributed by atoms with E-state index in [9.17, 15) is 17.9 Å². The van der Waals surface area contributed by atoms with Gasteiger partial charge in [0, 0.05) is 0 Å². The van der Waals surface area contributed by atoms with Crippen LogP contribution in [0.1, 0.15) is 0 Å². The molecule has 2 atom stereocenters. The van der Waals surface area contributed by atoms with Crippen molar-refractivity contribution in [2.75, 3.05) is 13.2 Å². The molecule has 0 rings (SSSR count). The van der Waals surface area contributed by atoms with Crippen LogP contribution in [-0.2, 0) is 22.9 Å². The van der Waals surface area contributed by atoms with E-state index < -0.39 is 28.9 Å².